The number of ether oxygens (including phenoxy) is 1. The molecule has 1 aliphatic rings. The molecule has 0 bridgehead atoms. The van der Waals surface area contributed by atoms with Crippen molar-refractivity contribution in [1.82, 2.24) is 4.90 Å². The van der Waals surface area contributed by atoms with E-state index in [4.69, 9.17) is 9.73 Å². The molecule has 0 radical (unpaired) electrons. The van der Waals surface area contributed by atoms with Crippen LogP contribution in [-0.2, 0) is 24.5 Å². The third kappa shape index (κ3) is 6.41. The second-order valence-corrected chi connectivity index (χ2v) is 10.5. The van der Waals surface area contributed by atoms with E-state index in [2.05, 4.69) is 15.9 Å². The zero-order valence-corrected chi connectivity index (χ0v) is 22.8. The first kappa shape index (κ1) is 25.9. The number of thioether (sulfide) groups is 1. The quantitative estimate of drug-likeness (QED) is 0.197. The van der Waals surface area contributed by atoms with Crippen molar-refractivity contribution in [3.8, 4) is 5.75 Å². The topological polar surface area (TPSA) is 41.9 Å². The molecule has 0 saturated carbocycles. The molecule has 1 saturated heterocycles. The Balaban J connectivity index is 1.35. The maximum absolute atomic E-state index is 13.9. The fourth-order valence-electron chi connectivity index (χ4n) is 3.92. The number of aliphatic imine (C=N–C) groups is 1. The number of benzene rings is 4. The Morgan fingerprint density at radius 1 is 0.895 bits per heavy atom. The number of carbonyl (C=O) groups excluding carboxylic acids is 1. The number of hydrogen-bond donors (Lipinski definition) is 0. The van der Waals surface area contributed by atoms with E-state index in [9.17, 15) is 9.18 Å². The smallest absolute Gasteiger partial charge is 0.267 e. The lowest BCUT2D eigenvalue weighted by Crippen LogP contribution is -2.28. The number of halogens is 2. The summed E-state index contributed by atoms with van der Waals surface area (Å²) in [6.45, 7) is 1.06. The van der Waals surface area contributed by atoms with Gasteiger partial charge >= 0.3 is 0 Å². The molecule has 4 aromatic carbocycles. The molecule has 1 fully saturated rings. The highest BCUT2D eigenvalue weighted by Crippen LogP contribution is 2.35. The lowest BCUT2D eigenvalue weighted by Gasteiger charge is -2.15. The van der Waals surface area contributed by atoms with Gasteiger partial charge < -0.3 is 4.74 Å². The molecule has 0 spiro atoms. The lowest BCUT2D eigenvalue weighted by atomic mass is 10.2. The van der Waals surface area contributed by atoms with Crippen molar-refractivity contribution in [3.05, 3.63) is 141 Å². The molecule has 4 nitrogen and oxygen atoms in total. The molecule has 38 heavy (non-hydrogen) atoms. The van der Waals surface area contributed by atoms with Gasteiger partial charge in [-0.25, -0.2) is 4.39 Å². The SMILES string of the molecule is O=C1/C(=C/c2ccc(OCc3ccccc3F)c(Br)c2)SC(=NCc2ccccc2)N1Cc1ccccc1. The van der Waals surface area contributed by atoms with E-state index in [0.717, 1.165) is 21.2 Å². The van der Waals surface area contributed by atoms with Gasteiger partial charge in [0.05, 0.1) is 22.5 Å². The second-order valence-electron chi connectivity index (χ2n) is 8.64. The molecule has 190 valence electrons. The average molecular weight is 588 g/mol. The Morgan fingerprint density at radius 3 is 2.29 bits per heavy atom. The largest absolute Gasteiger partial charge is 0.488 e. The Bertz CT molecular complexity index is 1490. The Kier molecular flexibility index (Phi) is 8.36. The van der Waals surface area contributed by atoms with Gasteiger partial charge in [0.1, 0.15) is 18.2 Å². The lowest BCUT2D eigenvalue weighted by molar-refractivity contribution is -0.122. The van der Waals surface area contributed by atoms with Crippen LogP contribution in [0.3, 0.4) is 0 Å². The summed E-state index contributed by atoms with van der Waals surface area (Å²) in [4.78, 5) is 20.6. The van der Waals surface area contributed by atoms with Gasteiger partial charge in [-0.2, -0.15) is 0 Å². The van der Waals surface area contributed by atoms with Crippen molar-refractivity contribution >= 4 is 44.8 Å². The highest BCUT2D eigenvalue weighted by molar-refractivity contribution is 9.10. The summed E-state index contributed by atoms with van der Waals surface area (Å²) in [7, 11) is 0. The van der Waals surface area contributed by atoms with Crippen molar-refractivity contribution in [2.24, 2.45) is 4.99 Å². The fraction of sp³-hybridized carbons (Fsp3) is 0.0968. The first-order chi connectivity index (χ1) is 18.6. The zero-order valence-electron chi connectivity index (χ0n) is 20.4. The second kappa shape index (κ2) is 12.2. The van der Waals surface area contributed by atoms with E-state index >= 15 is 0 Å². The fourth-order valence-corrected chi connectivity index (χ4v) is 5.41. The molecule has 5 rings (SSSR count). The molecule has 1 heterocycles. The average Bonchev–Trinajstić information content (AvgIpc) is 3.22. The number of hydrogen-bond acceptors (Lipinski definition) is 4. The highest BCUT2D eigenvalue weighted by Gasteiger charge is 2.33. The van der Waals surface area contributed by atoms with Crippen molar-refractivity contribution < 1.29 is 13.9 Å². The minimum absolute atomic E-state index is 0.0818. The van der Waals surface area contributed by atoms with Crippen LogP contribution >= 0.6 is 27.7 Å². The van der Waals surface area contributed by atoms with Gasteiger partial charge in [0.15, 0.2) is 5.17 Å². The van der Waals surface area contributed by atoms with Crippen LogP contribution in [0.2, 0.25) is 0 Å². The third-order valence-electron chi connectivity index (χ3n) is 5.91. The van der Waals surface area contributed by atoms with Crippen LogP contribution in [0.1, 0.15) is 22.3 Å². The number of carbonyl (C=O) groups is 1. The van der Waals surface area contributed by atoms with Gasteiger partial charge in [0.25, 0.3) is 5.91 Å². The van der Waals surface area contributed by atoms with Crippen molar-refractivity contribution in [3.63, 3.8) is 0 Å². The van der Waals surface area contributed by atoms with Crippen LogP contribution in [0, 0.1) is 5.82 Å². The molecular formula is C31H24BrFN2O2S. The molecule has 0 aliphatic carbocycles. The molecule has 7 heteroatoms. The first-order valence-electron chi connectivity index (χ1n) is 12.1. The summed E-state index contributed by atoms with van der Waals surface area (Å²) in [5, 5.41) is 0.679. The van der Waals surface area contributed by atoms with Gasteiger partial charge in [-0.3, -0.25) is 14.7 Å². The predicted molar refractivity (Wildman–Crippen MR) is 155 cm³/mol. The highest BCUT2D eigenvalue weighted by atomic mass is 79.9. The van der Waals surface area contributed by atoms with Gasteiger partial charge in [0, 0.05) is 5.56 Å². The van der Waals surface area contributed by atoms with E-state index in [0.29, 0.717) is 34.5 Å². The van der Waals surface area contributed by atoms with E-state index in [-0.39, 0.29) is 18.3 Å². The van der Waals surface area contributed by atoms with E-state index in [1.807, 2.05) is 84.9 Å². The van der Waals surface area contributed by atoms with Crippen LogP contribution < -0.4 is 4.74 Å². The molecule has 0 atom stereocenters. The summed E-state index contributed by atoms with van der Waals surface area (Å²) < 4.78 is 20.5. The molecule has 0 aromatic heterocycles. The van der Waals surface area contributed by atoms with Crippen LogP contribution in [0.5, 0.6) is 5.75 Å². The molecule has 0 N–H and O–H groups in total. The predicted octanol–water partition coefficient (Wildman–Crippen LogP) is 7.84. The van der Waals surface area contributed by atoms with Gasteiger partial charge in [-0.1, -0.05) is 84.9 Å². The number of amidine groups is 1. The van der Waals surface area contributed by atoms with Crippen molar-refractivity contribution in [2.45, 2.75) is 19.7 Å². The zero-order chi connectivity index (χ0) is 26.3. The van der Waals surface area contributed by atoms with Gasteiger partial charge in [-0.05, 0) is 68.7 Å². The van der Waals surface area contributed by atoms with Crippen molar-refractivity contribution in [1.29, 1.82) is 0 Å². The van der Waals surface area contributed by atoms with Crippen LogP contribution in [0.15, 0.2) is 117 Å². The summed E-state index contributed by atoms with van der Waals surface area (Å²) in [5.41, 5.74) is 3.45. The maximum atomic E-state index is 13.9. The number of nitrogens with zero attached hydrogens (tertiary/aromatic N) is 2. The van der Waals surface area contributed by atoms with Gasteiger partial charge in [-0.15, -0.1) is 0 Å². The third-order valence-corrected chi connectivity index (χ3v) is 7.57. The first-order valence-corrected chi connectivity index (χ1v) is 13.7. The van der Waals surface area contributed by atoms with E-state index in [1.165, 1.54) is 17.8 Å². The summed E-state index contributed by atoms with van der Waals surface area (Å²) in [6.07, 6.45) is 1.86. The summed E-state index contributed by atoms with van der Waals surface area (Å²) in [6, 6.07) is 32.0. The Labute approximate surface area is 234 Å². The molecular weight excluding hydrogens is 563 g/mol. The molecule has 1 aliphatic heterocycles. The maximum Gasteiger partial charge on any atom is 0.267 e. The number of rotatable bonds is 8. The Morgan fingerprint density at radius 2 is 1.58 bits per heavy atom. The standard InChI is InChI=1S/C31H24BrFN2O2S/c32-26-17-24(15-16-28(26)37-21-25-13-7-8-14-27(25)33)18-29-30(36)35(20-23-11-5-2-6-12-23)31(38-29)34-19-22-9-3-1-4-10-22/h1-18H,19-21H2/b29-18-,34-31?. The number of amides is 1. The van der Waals surface area contributed by atoms with Crippen LogP contribution in [-0.4, -0.2) is 16.0 Å². The molecule has 0 unspecified atom stereocenters. The monoisotopic (exact) mass is 586 g/mol. The summed E-state index contributed by atoms with van der Waals surface area (Å²) >= 11 is 4.93. The minimum atomic E-state index is -0.300. The Hall–Kier alpha value is -3.68. The van der Waals surface area contributed by atoms with Gasteiger partial charge in [0.2, 0.25) is 0 Å². The van der Waals surface area contributed by atoms with E-state index < -0.39 is 0 Å². The minimum Gasteiger partial charge on any atom is -0.488 e. The molecule has 4 aromatic rings. The molecule has 1 amide bonds. The van der Waals surface area contributed by atoms with E-state index in [1.54, 1.807) is 23.1 Å². The summed E-state index contributed by atoms with van der Waals surface area (Å²) in [5.74, 6) is 0.213. The normalized spacial score (nSPS) is 15.4. The van der Waals surface area contributed by atoms with Crippen LogP contribution in [0.4, 0.5) is 4.39 Å². The van der Waals surface area contributed by atoms with Crippen molar-refractivity contribution in [2.75, 3.05) is 0 Å². The van der Waals surface area contributed by atoms with Crippen LogP contribution in [0.25, 0.3) is 6.08 Å².